The molecule has 0 spiro atoms. The first-order valence-corrected chi connectivity index (χ1v) is 10.9. The number of methoxy groups -OCH3 is 1. The van der Waals surface area contributed by atoms with Crippen LogP contribution in [0.15, 0.2) is 77.4 Å². The largest absolute Gasteiger partial charge is 0.481 e. The first kappa shape index (κ1) is 25.4. The molecule has 0 aliphatic carbocycles. The van der Waals surface area contributed by atoms with E-state index in [9.17, 15) is 24.8 Å². The van der Waals surface area contributed by atoms with E-state index in [1.807, 2.05) is 42.3 Å². The zero-order chi connectivity index (χ0) is 25.5. The lowest BCUT2D eigenvalue weighted by molar-refractivity contribution is -0.384. The number of rotatable bonds is 9. The normalized spacial score (nSPS) is 17.1. The number of hydrogen-bond acceptors (Lipinski definition) is 8. The lowest BCUT2D eigenvalue weighted by atomic mass is 9.80. The number of nitrogens with one attached hydrogen (secondary N) is 1. The van der Waals surface area contributed by atoms with Gasteiger partial charge in [-0.1, -0.05) is 42.5 Å². The minimum atomic E-state index is -1.13. The second kappa shape index (κ2) is 11.3. The van der Waals surface area contributed by atoms with Gasteiger partial charge in [0, 0.05) is 30.9 Å². The number of aliphatic hydroxyl groups is 1. The van der Waals surface area contributed by atoms with Gasteiger partial charge >= 0.3 is 5.97 Å². The molecule has 2 aromatic rings. The lowest BCUT2D eigenvalue weighted by Crippen LogP contribution is -2.38. The van der Waals surface area contributed by atoms with Gasteiger partial charge in [0.15, 0.2) is 0 Å². The molecule has 3 rings (SSSR count). The van der Waals surface area contributed by atoms with Crippen molar-refractivity contribution < 1.29 is 29.1 Å². The molecule has 1 aliphatic rings. The standard InChI is InChI=1S/C25H27N3O7/c1-16-20(25(31)35-13-12-27(2)15-17-8-5-4-6-9-17)21(22(23(29)26-16)24(30)34-3)18-10-7-11-19(14-18)28(32)33/h4-11,14,21,30H,12-13,15H2,1-3H3,(H,26,29). The summed E-state index contributed by atoms with van der Waals surface area (Å²) in [7, 11) is 3.07. The van der Waals surface area contributed by atoms with Crippen molar-refractivity contribution in [1.82, 2.24) is 10.2 Å². The Labute approximate surface area is 202 Å². The molecule has 2 N–H and O–H groups in total. The van der Waals surface area contributed by atoms with E-state index in [1.165, 1.54) is 38.3 Å². The Balaban J connectivity index is 1.86. The summed E-state index contributed by atoms with van der Waals surface area (Å²) in [6.45, 7) is 2.72. The number of ether oxygens (including phenoxy) is 2. The average molecular weight is 482 g/mol. The van der Waals surface area contributed by atoms with Crippen LogP contribution in [-0.4, -0.2) is 54.1 Å². The third-order valence-corrected chi connectivity index (χ3v) is 5.59. The van der Waals surface area contributed by atoms with Crippen LogP contribution < -0.4 is 5.32 Å². The molecule has 0 fully saturated rings. The van der Waals surface area contributed by atoms with Crippen molar-refractivity contribution >= 4 is 17.6 Å². The molecule has 1 aliphatic heterocycles. The Morgan fingerprint density at radius 2 is 1.91 bits per heavy atom. The van der Waals surface area contributed by atoms with Crippen LogP contribution in [0.1, 0.15) is 24.0 Å². The molecule has 0 aromatic heterocycles. The third-order valence-electron chi connectivity index (χ3n) is 5.59. The third kappa shape index (κ3) is 6.04. The maximum absolute atomic E-state index is 13.2. The topological polar surface area (TPSA) is 131 Å². The van der Waals surface area contributed by atoms with Crippen molar-refractivity contribution in [2.24, 2.45) is 0 Å². The van der Waals surface area contributed by atoms with E-state index in [0.717, 1.165) is 5.56 Å². The number of hydrogen-bond donors (Lipinski definition) is 2. The first-order chi connectivity index (χ1) is 16.7. The van der Waals surface area contributed by atoms with Crippen molar-refractivity contribution in [2.45, 2.75) is 19.4 Å². The monoisotopic (exact) mass is 481 g/mol. The summed E-state index contributed by atoms with van der Waals surface area (Å²) in [6.07, 6.45) is 0. The first-order valence-electron chi connectivity index (χ1n) is 10.9. The van der Waals surface area contributed by atoms with Crippen molar-refractivity contribution in [3.8, 4) is 0 Å². The molecule has 0 bridgehead atoms. The Morgan fingerprint density at radius 3 is 2.57 bits per heavy atom. The van der Waals surface area contributed by atoms with Gasteiger partial charge in [-0.2, -0.15) is 0 Å². The van der Waals surface area contributed by atoms with Gasteiger partial charge < -0.3 is 19.9 Å². The maximum atomic E-state index is 13.2. The summed E-state index contributed by atoms with van der Waals surface area (Å²) in [5.74, 6) is -3.22. The number of esters is 1. The molecule has 1 atom stereocenters. The number of non-ortho nitro benzene ring substituents is 1. The number of amides is 1. The molecule has 0 saturated heterocycles. The highest BCUT2D eigenvalue weighted by Crippen LogP contribution is 2.39. The Morgan fingerprint density at radius 1 is 1.20 bits per heavy atom. The van der Waals surface area contributed by atoms with E-state index < -0.39 is 28.7 Å². The van der Waals surface area contributed by atoms with Crippen LogP contribution in [0.4, 0.5) is 5.69 Å². The highest BCUT2D eigenvalue weighted by molar-refractivity contribution is 6.04. The van der Waals surface area contributed by atoms with E-state index in [4.69, 9.17) is 9.47 Å². The number of carbonyl (C=O) groups excluding carboxylic acids is 2. The summed E-state index contributed by atoms with van der Waals surface area (Å²) in [5, 5.41) is 24.2. The van der Waals surface area contributed by atoms with Crippen LogP contribution in [0.3, 0.4) is 0 Å². The molecule has 1 amide bonds. The summed E-state index contributed by atoms with van der Waals surface area (Å²) in [4.78, 5) is 38.6. The number of carbonyl (C=O) groups is 2. The van der Waals surface area contributed by atoms with Crippen LogP contribution in [-0.2, 0) is 25.6 Å². The zero-order valence-electron chi connectivity index (χ0n) is 19.7. The Hall–Kier alpha value is -4.18. The molecule has 2 aromatic carbocycles. The highest BCUT2D eigenvalue weighted by atomic mass is 16.6. The summed E-state index contributed by atoms with van der Waals surface area (Å²) in [6, 6.07) is 15.4. The number of nitrogens with zero attached hydrogens (tertiary/aromatic N) is 2. The second-order valence-electron chi connectivity index (χ2n) is 8.06. The minimum absolute atomic E-state index is 0.0504. The number of allylic oxidation sites excluding steroid dienone is 1. The van der Waals surface area contributed by atoms with Gasteiger partial charge in [0.1, 0.15) is 12.2 Å². The predicted molar refractivity (Wildman–Crippen MR) is 127 cm³/mol. The quantitative estimate of drug-likeness (QED) is 0.184. The van der Waals surface area contributed by atoms with Gasteiger partial charge in [-0.05, 0) is 25.1 Å². The van der Waals surface area contributed by atoms with Crippen molar-refractivity contribution in [1.29, 1.82) is 0 Å². The smallest absolute Gasteiger partial charge is 0.336 e. The molecule has 10 nitrogen and oxygen atoms in total. The van der Waals surface area contributed by atoms with E-state index >= 15 is 0 Å². The van der Waals surface area contributed by atoms with Gasteiger partial charge in [0.05, 0.1) is 23.5 Å². The molecule has 184 valence electrons. The summed E-state index contributed by atoms with van der Waals surface area (Å²) < 4.78 is 10.4. The fourth-order valence-electron chi connectivity index (χ4n) is 3.90. The fourth-order valence-corrected chi connectivity index (χ4v) is 3.90. The SMILES string of the molecule is COC(O)=C1C(=O)NC(C)=C(C(=O)OCCN(C)Cc2ccccc2)C1c1cccc([N+](=O)[O-])c1. The van der Waals surface area contributed by atoms with Gasteiger partial charge in [0.25, 0.3) is 17.5 Å². The Kier molecular flexibility index (Phi) is 8.21. The maximum Gasteiger partial charge on any atom is 0.336 e. The van der Waals surface area contributed by atoms with Crippen molar-refractivity contribution in [3.05, 3.63) is 98.6 Å². The number of aliphatic hydroxyl groups excluding tert-OH is 1. The van der Waals surface area contributed by atoms with E-state index in [1.54, 1.807) is 0 Å². The summed E-state index contributed by atoms with van der Waals surface area (Å²) >= 11 is 0. The van der Waals surface area contributed by atoms with E-state index in [0.29, 0.717) is 13.1 Å². The molecule has 1 unspecified atom stereocenters. The van der Waals surface area contributed by atoms with Crippen molar-refractivity contribution in [3.63, 3.8) is 0 Å². The van der Waals surface area contributed by atoms with Gasteiger partial charge in [0.2, 0.25) is 0 Å². The van der Waals surface area contributed by atoms with Crippen LogP contribution >= 0.6 is 0 Å². The van der Waals surface area contributed by atoms with Gasteiger partial charge in [-0.3, -0.25) is 19.8 Å². The molecule has 35 heavy (non-hydrogen) atoms. The van der Waals surface area contributed by atoms with Gasteiger partial charge in [-0.25, -0.2) is 4.79 Å². The zero-order valence-corrected chi connectivity index (χ0v) is 19.7. The minimum Gasteiger partial charge on any atom is -0.481 e. The fraction of sp³-hybridized carbons (Fsp3) is 0.280. The molecule has 0 radical (unpaired) electrons. The van der Waals surface area contributed by atoms with Crippen LogP contribution in [0.25, 0.3) is 0 Å². The Bertz CT molecular complexity index is 1170. The lowest BCUT2D eigenvalue weighted by Gasteiger charge is -2.29. The van der Waals surface area contributed by atoms with Crippen LogP contribution in [0, 0.1) is 10.1 Å². The molecule has 0 saturated carbocycles. The van der Waals surface area contributed by atoms with E-state index in [2.05, 4.69) is 5.32 Å². The summed E-state index contributed by atoms with van der Waals surface area (Å²) in [5.41, 5.74) is 1.19. The predicted octanol–water partition coefficient (Wildman–Crippen LogP) is 3.17. The molecular weight excluding hydrogens is 454 g/mol. The molecule has 10 heteroatoms. The number of nitro benzene ring substituents is 1. The van der Waals surface area contributed by atoms with Crippen LogP contribution in [0.5, 0.6) is 0 Å². The van der Waals surface area contributed by atoms with E-state index in [-0.39, 0.29) is 34.7 Å². The number of nitro groups is 1. The second-order valence-corrected chi connectivity index (χ2v) is 8.06. The number of likely N-dealkylation sites (N-methyl/N-ethyl adjacent to an activating group) is 1. The number of benzene rings is 2. The average Bonchev–Trinajstić information content (AvgIpc) is 2.83. The molecular formula is C25H27N3O7. The van der Waals surface area contributed by atoms with Crippen LogP contribution in [0.2, 0.25) is 0 Å². The van der Waals surface area contributed by atoms with Gasteiger partial charge in [-0.15, -0.1) is 0 Å². The molecule has 1 heterocycles. The van der Waals surface area contributed by atoms with Crippen molar-refractivity contribution in [2.75, 3.05) is 27.3 Å². The highest BCUT2D eigenvalue weighted by Gasteiger charge is 2.40.